The standard InChI is InChI=1S/C33H28FN3O4S/c1-24-9-19-31(20-10-24)42(39,40)37(29-15-13-28(34)14-16-29)22-33(38)36-35-21-25-11-17-30(18-12-25)41-23-27-7-4-6-26-5-2-3-8-32(26)27/h2-21H,22-23H2,1H3,(H,36,38)/b35-21-. The number of halogens is 1. The van der Waals surface area contributed by atoms with Gasteiger partial charge in [0.05, 0.1) is 16.8 Å². The van der Waals surface area contributed by atoms with Gasteiger partial charge in [0.2, 0.25) is 0 Å². The molecule has 212 valence electrons. The molecule has 0 aliphatic carbocycles. The SMILES string of the molecule is Cc1ccc(S(=O)(=O)N(CC(=O)N/N=C\c2ccc(OCc3cccc4ccccc34)cc2)c2ccc(F)cc2)cc1. The molecule has 0 aliphatic heterocycles. The number of ether oxygens (including phenoxy) is 1. The average molecular weight is 582 g/mol. The van der Waals surface area contributed by atoms with Crippen LogP contribution in [0.2, 0.25) is 0 Å². The first-order valence-electron chi connectivity index (χ1n) is 13.2. The van der Waals surface area contributed by atoms with Crippen LogP contribution < -0.4 is 14.5 Å². The summed E-state index contributed by atoms with van der Waals surface area (Å²) in [5, 5.41) is 6.28. The maximum atomic E-state index is 13.5. The van der Waals surface area contributed by atoms with Crippen LogP contribution in [0.3, 0.4) is 0 Å². The van der Waals surface area contributed by atoms with Crippen molar-refractivity contribution in [2.75, 3.05) is 10.8 Å². The molecule has 0 radical (unpaired) electrons. The highest BCUT2D eigenvalue weighted by molar-refractivity contribution is 7.92. The number of hydrogen-bond acceptors (Lipinski definition) is 5. The van der Waals surface area contributed by atoms with Crippen LogP contribution in [0.15, 0.2) is 125 Å². The van der Waals surface area contributed by atoms with Gasteiger partial charge in [0.1, 0.15) is 24.7 Å². The van der Waals surface area contributed by atoms with E-state index in [4.69, 9.17) is 4.74 Å². The molecule has 0 unspecified atom stereocenters. The zero-order chi connectivity index (χ0) is 29.5. The van der Waals surface area contributed by atoms with E-state index in [-0.39, 0.29) is 10.6 Å². The minimum absolute atomic E-state index is 0.0106. The monoisotopic (exact) mass is 581 g/mol. The van der Waals surface area contributed by atoms with Crippen LogP contribution in [0, 0.1) is 12.7 Å². The predicted molar refractivity (Wildman–Crippen MR) is 163 cm³/mol. The van der Waals surface area contributed by atoms with E-state index in [2.05, 4.69) is 28.7 Å². The Labute approximate surface area is 243 Å². The van der Waals surface area contributed by atoms with Crippen molar-refractivity contribution in [1.82, 2.24) is 5.43 Å². The number of fused-ring (bicyclic) bond motifs is 1. The number of carbonyl (C=O) groups excluding carboxylic acids is 1. The van der Waals surface area contributed by atoms with Crippen molar-refractivity contribution in [2.45, 2.75) is 18.4 Å². The molecule has 0 saturated heterocycles. The van der Waals surface area contributed by atoms with Gasteiger partial charge in [0.25, 0.3) is 15.9 Å². The zero-order valence-electron chi connectivity index (χ0n) is 22.8. The predicted octanol–water partition coefficient (Wildman–Crippen LogP) is 6.21. The van der Waals surface area contributed by atoms with Gasteiger partial charge in [-0.15, -0.1) is 0 Å². The first-order valence-corrected chi connectivity index (χ1v) is 14.6. The number of carbonyl (C=O) groups is 1. The van der Waals surface area contributed by atoms with Gasteiger partial charge in [-0.25, -0.2) is 18.2 Å². The molecule has 0 spiro atoms. The molecule has 0 saturated carbocycles. The van der Waals surface area contributed by atoms with Crippen LogP contribution in [0.4, 0.5) is 10.1 Å². The Bertz CT molecular complexity index is 1820. The van der Waals surface area contributed by atoms with Crippen molar-refractivity contribution in [3.63, 3.8) is 0 Å². The summed E-state index contributed by atoms with van der Waals surface area (Å²) in [6, 6.07) is 32.6. The second-order valence-corrected chi connectivity index (χ2v) is 11.5. The van der Waals surface area contributed by atoms with Crippen molar-refractivity contribution in [1.29, 1.82) is 0 Å². The maximum absolute atomic E-state index is 13.5. The second kappa shape index (κ2) is 12.7. The Morgan fingerprint density at radius 2 is 1.57 bits per heavy atom. The molecule has 9 heteroatoms. The number of amides is 1. The smallest absolute Gasteiger partial charge is 0.264 e. The number of anilines is 1. The molecular weight excluding hydrogens is 553 g/mol. The zero-order valence-corrected chi connectivity index (χ0v) is 23.6. The number of hydrazone groups is 1. The summed E-state index contributed by atoms with van der Waals surface area (Å²) in [5.74, 6) is -0.507. The highest BCUT2D eigenvalue weighted by atomic mass is 32.2. The number of hydrogen-bond donors (Lipinski definition) is 1. The minimum atomic E-state index is -4.11. The summed E-state index contributed by atoms with van der Waals surface area (Å²) in [6.07, 6.45) is 1.45. The third-order valence-electron chi connectivity index (χ3n) is 6.57. The molecule has 5 rings (SSSR count). The highest BCUT2D eigenvalue weighted by Crippen LogP contribution is 2.24. The number of nitrogens with zero attached hydrogens (tertiary/aromatic N) is 2. The van der Waals surface area contributed by atoms with Gasteiger partial charge in [0, 0.05) is 0 Å². The second-order valence-electron chi connectivity index (χ2n) is 9.59. The molecule has 0 aliphatic rings. The van der Waals surface area contributed by atoms with Gasteiger partial charge in [0.15, 0.2) is 0 Å². The van der Waals surface area contributed by atoms with Crippen molar-refractivity contribution in [3.8, 4) is 5.75 Å². The highest BCUT2D eigenvalue weighted by Gasteiger charge is 2.27. The van der Waals surface area contributed by atoms with Crippen molar-refractivity contribution < 1.29 is 22.3 Å². The molecule has 1 amide bonds. The van der Waals surface area contributed by atoms with E-state index in [0.717, 1.165) is 38.3 Å². The van der Waals surface area contributed by atoms with Crippen LogP contribution in [-0.2, 0) is 21.4 Å². The average Bonchev–Trinajstić information content (AvgIpc) is 3.00. The van der Waals surface area contributed by atoms with Gasteiger partial charge in [-0.1, -0.05) is 60.2 Å². The van der Waals surface area contributed by atoms with E-state index >= 15 is 0 Å². The summed E-state index contributed by atoms with van der Waals surface area (Å²) < 4.78 is 47.2. The van der Waals surface area contributed by atoms with Crippen molar-refractivity contribution in [3.05, 3.63) is 138 Å². The number of nitrogens with one attached hydrogen (secondary N) is 1. The number of benzene rings is 5. The van der Waals surface area contributed by atoms with Crippen LogP contribution in [0.25, 0.3) is 10.8 Å². The molecular formula is C33H28FN3O4S. The minimum Gasteiger partial charge on any atom is -0.489 e. The van der Waals surface area contributed by atoms with Crippen molar-refractivity contribution >= 4 is 38.6 Å². The fourth-order valence-corrected chi connectivity index (χ4v) is 5.75. The molecule has 7 nitrogen and oxygen atoms in total. The summed E-state index contributed by atoms with van der Waals surface area (Å²) in [4.78, 5) is 12.8. The Kier molecular flexibility index (Phi) is 8.59. The molecule has 5 aromatic rings. The summed E-state index contributed by atoms with van der Waals surface area (Å²) >= 11 is 0. The molecule has 5 aromatic carbocycles. The molecule has 0 heterocycles. The molecule has 0 fully saturated rings. The fourth-order valence-electron chi connectivity index (χ4n) is 4.33. The fraction of sp³-hybridized carbons (Fsp3) is 0.0909. The van der Waals surface area contributed by atoms with Crippen molar-refractivity contribution in [2.24, 2.45) is 5.10 Å². The lowest BCUT2D eigenvalue weighted by molar-refractivity contribution is -0.119. The summed E-state index contributed by atoms with van der Waals surface area (Å²) in [5.41, 5.74) is 5.20. The molecule has 0 atom stereocenters. The summed E-state index contributed by atoms with van der Waals surface area (Å²) in [6.45, 7) is 1.70. The van der Waals surface area contributed by atoms with E-state index < -0.39 is 28.3 Å². The van der Waals surface area contributed by atoms with Crippen LogP contribution in [0.1, 0.15) is 16.7 Å². The first-order chi connectivity index (χ1) is 20.3. The van der Waals surface area contributed by atoms with Crippen LogP contribution in [-0.4, -0.2) is 27.1 Å². The lowest BCUT2D eigenvalue weighted by Gasteiger charge is -2.23. The van der Waals surface area contributed by atoms with E-state index in [1.54, 1.807) is 36.4 Å². The molecule has 0 bridgehead atoms. The van der Waals surface area contributed by atoms with E-state index in [0.29, 0.717) is 17.9 Å². The van der Waals surface area contributed by atoms with Crippen LogP contribution >= 0.6 is 0 Å². The lowest BCUT2D eigenvalue weighted by atomic mass is 10.1. The normalized spacial score (nSPS) is 11.5. The molecule has 42 heavy (non-hydrogen) atoms. The third kappa shape index (κ3) is 6.82. The Morgan fingerprint density at radius 3 is 2.31 bits per heavy atom. The van der Waals surface area contributed by atoms with E-state index in [1.807, 2.05) is 31.2 Å². The number of aryl methyl sites for hydroxylation is 1. The maximum Gasteiger partial charge on any atom is 0.264 e. The topological polar surface area (TPSA) is 88.1 Å². The number of sulfonamides is 1. The molecule has 0 aromatic heterocycles. The first kappa shape index (κ1) is 28.5. The van der Waals surface area contributed by atoms with Gasteiger partial charge in [-0.05, 0) is 89.5 Å². The quantitative estimate of drug-likeness (QED) is 0.157. The summed E-state index contributed by atoms with van der Waals surface area (Å²) in [7, 11) is -4.11. The van der Waals surface area contributed by atoms with E-state index in [1.165, 1.54) is 30.5 Å². The Morgan fingerprint density at radius 1 is 0.881 bits per heavy atom. The van der Waals surface area contributed by atoms with Gasteiger partial charge in [-0.2, -0.15) is 5.10 Å². The lowest BCUT2D eigenvalue weighted by Crippen LogP contribution is -2.39. The third-order valence-corrected chi connectivity index (χ3v) is 8.36. The number of rotatable bonds is 10. The Balaban J connectivity index is 1.22. The van der Waals surface area contributed by atoms with Gasteiger partial charge < -0.3 is 4.74 Å². The van der Waals surface area contributed by atoms with E-state index in [9.17, 15) is 17.6 Å². The van der Waals surface area contributed by atoms with Gasteiger partial charge in [-0.3, -0.25) is 9.10 Å². The molecule has 1 N–H and O–H groups in total. The van der Waals surface area contributed by atoms with Crippen LogP contribution in [0.5, 0.6) is 5.75 Å². The van der Waals surface area contributed by atoms with Gasteiger partial charge >= 0.3 is 0 Å². The Hall–Kier alpha value is -5.02. The largest absolute Gasteiger partial charge is 0.489 e.